The van der Waals surface area contributed by atoms with Gasteiger partial charge in [-0.05, 0) is 89.9 Å². The van der Waals surface area contributed by atoms with Crippen LogP contribution in [-0.4, -0.2) is 37.2 Å². The highest BCUT2D eigenvalue weighted by Gasteiger charge is 2.19. The van der Waals surface area contributed by atoms with Crippen molar-refractivity contribution in [2.75, 3.05) is 13.2 Å². The maximum Gasteiger partial charge on any atom is 0.306 e. The van der Waals surface area contributed by atoms with Crippen molar-refractivity contribution < 1.29 is 28.6 Å². The maximum atomic E-state index is 12.8. The molecule has 0 amide bonds. The summed E-state index contributed by atoms with van der Waals surface area (Å²) < 4.78 is 16.7. The number of allylic oxidation sites excluding steroid dienone is 22. The summed E-state index contributed by atoms with van der Waals surface area (Å²) in [5, 5.41) is 0. The van der Waals surface area contributed by atoms with E-state index in [1.807, 2.05) is 18.2 Å². The number of unbranched alkanes of at least 4 members (excludes halogenated alkanes) is 12. The Morgan fingerprint density at radius 1 is 0.339 bits per heavy atom. The normalized spacial score (nSPS) is 13.3. The SMILES string of the molecule is CC\C=C/C=C\C=C/CCCCCCCCCC(=O)OC(COC(=O)CC/C=C\C/C=C\C/C=C\C/C=C\C/C=C\CC)COC(=O)CCCCCCC\C=C/C=C\C=C/CC. The van der Waals surface area contributed by atoms with E-state index in [-0.39, 0.29) is 44.0 Å². The molecule has 346 valence electrons. The van der Waals surface area contributed by atoms with E-state index in [0.29, 0.717) is 12.8 Å². The van der Waals surface area contributed by atoms with E-state index in [1.54, 1.807) is 0 Å². The summed E-state index contributed by atoms with van der Waals surface area (Å²) in [5.74, 6) is -1.05. The van der Waals surface area contributed by atoms with Gasteiger partial charge in [-0.2, -0.15) is 0 Å². The Labute approximate surface area is 379 Å². The zero-order valence-electron chi connectivity index (χ0n) is 39.3. The lowest BCUT2D eigenvalue weighted by Crippen LogP contribution is -2.30. The largest absolute Gasteiger partial charge is 0.462 e. The van der Waals surface area contributed by atoms with Gasteiger partial charge in [-0.15, -0.1) is 0 Å². The molecular formula is C56H86O6. The number of rotatable bonds is 41. The molecule has 0 saturated heterocycles. The first-order valence-corrected chi connectivity index (χ1v) is 24.3. The summed E-state index contributed by atoms with van der Waals surface area (Å²) in [7, 11) is 0. The first-order chi connectivity index (χ1) is 30.5. The molecule has 0 rings (SSSR count). The Balaban J connectivity index is 4.58. The van der Waals surface area contributed by atoms with Crippen molar-refractivity contribution in [3.63, 3.8) is 0 Å². The van der Waals surface area contributed by atoms with Gasteiger partial charge in [0.15, 0.2) is 6.10 Å². The summed E-state index contributed by atoms with van der Waals surface area (Å²) >= 11 is 0. The topological polar surface area (TPSA) is 78.9 Å². The van der Waals surface area contributed by atoms with Crippen LogP contribution in [0.5, 0.6) is 0 Å². The molecule has 6 heteroatoms. The van der Waals surface area contributed by atoms with E-state index < -0.39 is 6.10 Å². The van der Waals surface area contributed by atoms with Crippen molar-refractivity contribution in [2.45, 2.75) is 187 Å². The fourth-order valence-electron chi connectivity index (χ4n) is 5.96. The molecule has 0 aliphatic heterocycles. The number of carbonyl (C=O) groups excluding carboxylic acids is 3. The number of hydrogen-bond donors (Lipinski definition) is 0. The minimum Gasteiger partial charge on any atom is -0.462 e. The Morgan fingerprint density at radius 2 is 0.694 bits per heavy atom. The molecular weight excluding hydrogens is 769 g/mol. The molecule has 0 aliphatic carbocycles. The van der Waals surface area contributed by atoms with Crippen LogP contribution in [0.4, 0.5) is 0 Å². The predicted octanol–water partition coefficient (Wildman–Crippen LogP) is 15.9. The zero-order valence-corrected chi connectivity index (χ0v) is 39.3. The lowest BCUT2D eigenvalue weighted by atomic mass is 10.1. The third-order valence-electron chi connectivity index (χ3n) is 9.52. The van der Waals surface area contributed by atoms with Gasteiger partial charge in [-0.3, -0.25) is 14.4 Å². The van der Waals surface area contributed by atoms with Crippen LogP contribution in [0.1, 0.15) is 181 Å². The molecule has 0 saturated carbocycles. The van der Waals surface area contributed by atoms with E-state index in [2.05, 4.69) is 136 Å². The summed E-state index contributed by atoms with van der Waals surface area (Å²) in [4.78, 5) is 37.9. The fraction of sp³-hybridized carbons (Fsp3) is 0.554. The molecule has 0 aromatic carbocycles. The second-order valence-electron chi connectivity index (χ2n) is 15.3. The first kappa shape index (κ1) is 57.5. The average molecular weight is 855 g/mol. The van der Waals surface area contributed by atoms with Gasteiger partial charge in [-0.1, -0.05) is 206 Å². The quantitative estimate of drug-likeness (QED) is 0.0200. The van der Waals surface area contributed by atoms with Crippen LogP contribution in [0, 0.1) is 0 Å². The Kier molecular flexibility index (Phi) is 45.7. The molecule has 0 fully saturated rings. The van der Waals surface area contributed by atoms with Crippen molar-refractivity contribution in [2.24, 2.45) is 0 Å². The van der Waals surface area contributed by atoms with Crippen molar-refractivity contribution in [1.82, 2.24) is 0 Å². The van der Waals surface area contributed by atoms with Crippen molar-refractivity contribution >= 4 is 17.9 Å². The third kappa shape index (κ3) is 46.6. The lowest BCUT2D eigenvalue weighted by Gasteiger charge is -2.18. The monoisotopic (exact) mass is 855 g/mol. The van der Waals surface area contributed by atoms with Crippen LogP contribution in [0.3, 0.4) is 0 Å². The first-order valence-electron chi connectivity index (χ1n) is 24.3. The van der Waals surface area contributed by atoms with Gasteiger partial charge >= 0.3 is 17.9 Å². The Hall–Kier alpha value is -4.45. The summed E-state index contributed by atoms with van der Waals surface area (Å²) in [6.07, 6.45) is 68.7. The standard InChI is InChI=1S/C56H86O6/c1-4-7-10-13-16-19-22-25-27-29-31-34-37-40-43-46-49-55(58)61-52-53(51-60-54(57)48-45-42-39-36-33-30-24-21-18-15-12-9-6-3)62-56(59)50-47-44-41-38-35-32-28-26-23-20-17-14-11-8-5-2/h7-12,14-21,23-25,27,31,34,40,43,53H,4-6,13,22,26,28-30,32-33,35-39,41-42,44-52H2,1-3H3/b10-7-,11-8-,12-9-,17-14-,18-15-,19-16-,23-20-,24-21-,27-25-,34-31-,43-40-. The molecule has 0 aromatic rings. The van der Waals surface area contributed by atoms with Crippen molar-refractivity contribution in [3.8, 4) is 0 Å². The summed E-state index contributed by atoms with van der Waals surface area (Å²) in [6, 6.07) is 0. The smallest absolute Gasteiger partial charge is 0.306 e. The molecule has 6 nitrogen and oxygen atoms in total. The number of hydrogen-bond acceptors (Lipinski definition) is 6. The van der Waals surface area contributed by atoms with Gasteiger partial charge < -0.3 is 14.2 Å². The van der Waals surface area contributed by atoms with Crippen LogP contribution < -0.4 is 0 Å². The molecule has 0 N–H and O–H groups in total. The van der Waals surface area contributed by atoms with Crippen LogP contribution >= 0.6 is 0 Å². The number of carbonyl (C=O) groups is 3. The van der Waals surface area contributed by atoms with E-state index in [9.17, 15) is 14.4 Å². The molecule has 0 heterocycles. The van der Waals surface area contributed by atoms with E-state index in [0.717, 1.165) is 116 Å². The Bertz CT molecular complexity index is 1400. The second-order valence-corrected chi connectivity index (χ2v) is 15.3. The van der Waals surface area contributed by atoms with Gasteiger partial charge in [0, 0.05) is 19.3 Å². The Morgan fingerprint density at radius 3 is 1.15 bits per heavy atom. The molecule has 0 aliphatic rings. The highest BCUT2D eigenvalue weighted by molar-refractivity contribution is 5.71. The van der Waals surface area contributed by atoms with Gasteiger partial charge in [0.2, 0.25) is 0 Å². The highest BCUT2D eigenvalue weighted by atomic mass is 16.6. The van der Waals surface area contributed by atoms with Gasteiger partial charge in [0.25, 0.3) is 0 Å². The highest BCUT2D eigenvalue weighted by Crippen LogP contribution is 2.13. The fourth-order valence-corrected chi connectivity index (χ4v) is 5.96. The molecule has 0 radical (unpaired) electrons. The van der Waals surface area contributed by atoms with Gasteiger partial charge in [-0.25, -0.2) is 0 Å². The number of ether oxygens (including phenoxy) is 3. The minimum atomic E-state index is -0.827. The average Bonchev–Trinajstić information content (AvgIpc) is 3.27. The molecule has 0 bridgehead atoms. The van der Waals surface area contributed by atoms with Crippen LogP contribution in [0.15, 0.2) is 134 Å². The molecule has 1 atom stereocenters. The van der Waals surface area contributed by atoms with Crippen LogP contribution in [-0.2, 0) is 28.6 Å². The molecule has 0 aromatic heterocycles. The van der Waals surface area contributed by atoms with E-state index in [4.69, 9.17) is 14.2 Å². The lowest BCUT2D eigenvalue weighted by molar-refractivity contribution is -0.166. The predicted molar refractivity (Wildman–Crippen MR) is 265 cm³/mol. The minimum absolute atomic E-state index is 0.122. The third-order valence-corrected chi connectivity index (χ3v) is 9.52. The second kappa shape index (κ2) is 49.2. The number of esters is 3. The van der Waals surface area contributed by atoms with Crippen LogP contribution in [0.25, 0.3) is 0 Å². The molecule has 1 unspecified atom stereocenters. The summed E-state index contributed by atoms with van der Waals surface area (Å²) in [6.45, 7) is 6.14. The zero-order chi connectivity index (χ0) is 45.1. The summed E-state index contributed by atoms with van der Waals surface area (Å²) in [5.41, 5.74) is 0. The van der Waals surface area contributed by atoms with E-state index >= 15 is 0 Å². The molecule has 62 heavy (non-hydrogen) atoms. The van der Waals surface area contributed by atoms with Crippen molar-refractivity contribution in [3.05, 3.63) is 134 Å². The van der Waals surface area contributed by atoms with Gasteiger partial charge in [0.1, 0.15) is 13.2 Å². The maximum absolute atomic E-state index is 12.8. The van der Waals surface area contributed by atoms with Crippen molar-refractivity contribution in [1.29, 1.82) is 0 Å². The van der Waals surface area contributed by atoms with Crippen LogP contribution in [0.2, 0.25) is 0 Å². The van der Waals surface area contributed by atoms with E-state index in [1.165, 1.54) is 19.3 Å². The van der Waals surface area contributed by atoms with Gasteiger partial charge in [0.05, 0.1) is 0 Å². The molecule has 0 spiro atoms.